The number of hydrogen-bond acceptors (Lipinski definition) is 20. The van der Waals surface area contributed by atoms with E-state index in [0.717, 1.165) is 95.8 Å². The van der Waals surface area contributed by atoms with Crippen molar-refractivity contribution in [3.8, 4) is 0 Å². The van der Waals surface area contributed by atoms with E-state index in [1.165, 1.54) is 34.9 Å². The van der Waals surface area contributed by atoms with Gasteiger partial charge in [0.25, 0.3) is 0 Å². The molecule has 5 saturated heterocycles. The Kier molecular flexibility index (Phi) is 42.9. The van der Waals surface area contributed by atoms with E-state index in [1.807, 2.05) is 101 Å². The number of methoxy groups -OCH3 is 2. The summed E-state index contributed by atoms with van der Waals surface area (Å²) in [5.74, 6) is 0.550. The molecule has 13 rings (SSSR count). The van der Waals surface area contributed by atoms with Crippen LogP contribution >= 0.6 is 0 Å². The second-order valence-corrected chi connectivity index (χ2v) is 36.3. The number of Topliss-reactive ketones (excluding diaryl/α,β-unsaturated/α-hetero) is 1. The fourth-order valence-corrected chi connectivity index (χ4v) is 16.5. The minimum atomic E-state index is -6.81. The Balaban J connectivity index is 0.000000295. The normalized spacial score (nSPS) is 23.4. The zero-order valence-corrected chi connectivity index (χ0v) is 74.2. The van der Waals surface area contributed by atoms with Gasteiger partial charge in [0.2, 0.25) is 0 Å². The Hall–Kier alpha value is -6.53. The van der Waals surface area contributed by atoms with Gasteiger partial charge in [-0.1, -0.05) is 217 Å². The van der Waals surface area contributed by atoms with Crippen LogP contribution in [0.1, 0.15) is 103 Å². The van der Waals surface area contributed by atoms with Crippen LogP contribution in [0.4, 0.5) is 45.2 Å². The second kappa shape index (κ2) is 48.7. The van der Waals surface area contributed by atoms with Crippen LogP contribution in [0.3, 0.4) is 0 Å². The Morgan fingerprint density at radius 1 is 0.500 bits per heavy atom. The van der Waals surface area contributed by atoms with Gasteiger partial charge in [0.15, 0.2) is 11.6 Å². The molecule has 674 valence electrons. The van der Waals surface area contributed by atoms with E-state index >= 15 is 0 Å². The number of ether oxygens (including phenoxy) is 5. The van der Waals surface area contributed by atoms with Gasteiger partial charge in [-0.15, -0.1) is 3.71 Å². The number of hydrogen-bond donors (Lipinski definition) is 2. The van der Waals surface area contributed by atoms with Gasteiger partial charge in [0.05, 0.1) is 36.7 Å². The molecule has 2 N–H and O–H groups in total. The molecule has 120 heavy (non-hydrogen) atoms. The Labute approximate surface area is 717 Å². The Morgan fingerprint density at radius 2 is 0.875 bits per heavy atom. The third-order valence-electron chi connectivity index (χ3n) is 19.6. The number of para-hydroxylation sites is 1. The second-order valence-electron chi connectivity index (χ2n) is 31.0. The summed E-state index contributed by atoms with van der Waals surface area (Å²) in [4.78, 5) is 22.9. The van der Waals surface area contributed by atoms with Gasteiger partial charge < -0.3 is 45.5 Å². The Morgan fingerprint density at radius 3 is 1.23 bits per heavy atom. The number of carbonyl (C=O) groups excluding carboxylic acids is 1. The number of aliphatic hydroxyl groups is 2. The molecule has 0 radical (unpaired) electrons. The summed E-state index contributed by atoms with van der Waals surface area (Å²) in [7, 11) is -16.0. The summed E-state index contributed by atoms with van der Waals surface area (Å²) in [6.07, 6.45) is 6.54. The van der Waals surface area contributed by atoms with Crippen LogP contribution in [-0.2, 0) is 116 Å². The summed E-state index contributed by atoms with van der Waals surface area (Å²) < 4.78 is 207. The first-order valence-corrected chi connectivity index (χ1v) is 43.2. The number of benzene rings is 6. The smallest absolute Gasteiger partial charge is 0.390 e. The van der Waals surface area contributed by atoms with Crippen molar-refractivity contribution in [1.29, 1.82) is 0 Å². The number of nitrogens with zero attached hydrogens (tertiary/aromatic N) is 6. The van der Waals surface area contributed by atoms with Crippen molar-refractivity contribution >= 4 is 41.6 Å². The molecule has 6 aromatic carbocycles. The average Bonchev–Trinajstić information content (AvgIpc) is 1.20. The van der Waals surface area contributed by atoms with Crippen LogP contribution in [-0.4, -0.2) is 211 Å². The fourth-order valence-electron chi connectivity index (χ4n) is 13.2. The van der Waals surface area contributed by atoms with Crippen LogP contribution in [0.25, 0.3) is 0 Å². The average molecular weight is 1850 g/mol. The first-order valence-electron chi connectivity index (χ1n) is 38.9. The quantitative estimate of drug-likeness (QED) is 0.0126. The molecular weight excluding hydrogens is 1730 g/mol. The van der Waals surface area contributed by atoms with Gasteiger partial charge in [-0.05, 0) is 98.4 Å². The van der Waals surface area contributed by atoms with Crippen molar-refractivity contribution in [2.75, 3.05) is 90.0 Å². The predicted octanol–water partition coefficient (Wildman–Crippen LogP) is 15.3. The standard InChI is InChI=1S/C16H23NO2.C14H16F3NO3S.C13H19NO2.C13H17NO.C13H17N.C8H5F6NO4S2.C5H12O2.C3H6O.CH3.Pd/c1-12-9-17(10-13-7-5-4-6-8-13)11-14-15(12)19-16(2,3)18-14;1-11-9-18(10-12-5-3-2-4-6-12)8-7-13(11)21-22(19,20)14(15,16)17;1-10-7-14(9-12(15)13(10)16)8-11-5-3-2-4-6-11;1-11-9-14(8-7-13(11)15)10-12-5-3-2-4-6-12;1-12-6-5-9-14(10-12)11-13-7-3-2-4-8-13;9-7(10,11)20(16,17)15(6-4-2-1-3-5-6)21(18,19)8(12,13)14;1-5(2,6-3)7-4;1-3-2-4-3;;/h4-8,12,14-15H,9-11H2,1-3H3;2-7,11H,8-10H2,1H3;2-6,10,12-13,15-16H,7-9H2,1H3;2-6,11H,7-10H2,1H3;2-8,12H,9-11H2,1H3;1-5H;1-4H3;3H,2H2,1H3;1H3;/q;;;;;;;;-1;/t12-,14-,15+;;10-,12-,13+;;;;;3-;;/m1.1....1../s1. The molecule has 10 atom stereocenters. The van der Waals surface area contributed by atoms with Crippen molar-refractivity contribution in [3.63, 3.8) is 0 Å². The molecule has 3 unspecified atom stereocenters. The summed E-state index contributed by atoms with van der Waals surface area (Å²) in [6, 6.07) is 55.4. The van der Waals surface area contributed by atoms with E-state index < -0.39 is 85.8 Å². The van der Waals surface area contributed by atoms with E-state index in [0.29, 0.717) is 68.5 Å². The molecule has 0 aromatic heterocycles. The summed E-state index contributed by atoms with van der Waals surface area (Å²) in [5.41, 5.74) is -12.8. The Bertz CT molecular complexity index is 4310. The molecule has 5 fully saturated rings. The van der Waals surface area contributed by atoms with Crippen molar-refractivity contribution in [2.24, 2.45) is 29.6 Å². The molecule has 7 aliphatic rings. The molecule has 0 saturated carbocycles. The van der Waals surface area contributed by atoms with Crippen LogP contribution in [0.2, 0.25) is 0 Å². The van der Waals surface area contributed by atoms with Crippen LogP contribution in [0.15, 0.2) is 206 Å². The largest absolute Gasteiger partial charge is 0.534 e. The zero-order valence-electron chi connectivity index (χ0n) is 70.2. The van der Waals surface area contributed by atoms with Gasteiger partial charge in [-0.25, -0.2) is 0 Å². The number of fused-ring (bicyclic) bond motifs is 1. The maximum absolute atomic E-state index is 12.4. The topological polar surface area (TPSA) is 238 Å². The van der Waals surface area contributed by atoms with Gasteiger partial charge in [0, 0.05) is 151 Å². The maximum atomic E-state index is 12.4. The molecule has 0 spiro atoms. The molecule has 34 heteroatoms. The number of sulfonamides is 2. The van der Waals surface area contributed by atoms with E-state index in [4.69, 9.17) is 23.7 Å². The predicted molar refractivity (Wildman–Crippen MR) is 442 cm³/mol. The molecule has 6 aromatic rings. The molecule has 7 heterocycles. The minimum Gasteiger partial charge on any atom is -0.390 e. The van der Waals surface area contributed by atoms with E-state index in [1.54, 1.807) is 21.1 Å². The molecule has 0 aliphatic carbocycles. The van der Waals surface area contributed by atoms with Crippen LogP contribution in [0, 0.1) is 37.0 Å². The number of carbonyl (C=O) groups is 1. The fraction of sp³-hybridized carbons (Fsp3) is 0.512. The molecule has 0 amide bonds. The van der Waals surface area contributed by atoms with E-state index in [2.05, 4.69) is 154 Å². The summed E-state index contributed by atoms with van der Waals surface area (Å²) >= 11 is 0. The zero-order chi connectivity index (χ0) is 87.5. The number of aliphatic hydroxyl groups excluding tert-OH is 2. The number of halogens is 9. The molecule has 21 nitrogen and oxygen atoms in total. The summed E-state index contributed by atoms with van der Waals surface area (Å²) in [5, 5.41) is 19.4. The first-order chi connectivity index (χ1) is 55.2. The number of alkyl halides is 9. The van der Waals surface area contributed by atoms with Crippen molar-refractivity contribution < 1.29 is 128 Å². The number of rotatable bonds is 17. The number of epoxide rings is 1. The molecule has 7 aliphatic heterocycles. The van der Waals surface area contributed by atoms with Gasteiger partial charge >= 0.3 is 46.7 Å². The van der Waals surface area contributed by atoms with Crippen LogP contribution in [0.5, 0.6) is 0 Å². The van der Waals surface area contributed by atoms with Crippen LogP contribution < -0.4 is 3.71 Å². The monoisotopic (exact) mass is 1850 g/mol. The molecule has 0 bridgehead atoms. The van der Waals surface area contributed by atoms with Crippen molar-refractivity contribution in [1.82, 2.24) is 24.5 Å². The van der Waals surface area contributed by atoms with Gasteiger partial charge in [-0.3, -0.25) is 29.3 Å². The van der Waals surface area contributed by atoms with Crippen molar-refractivity contribution in [3.05, 3.63) is 241 Å². The number of ketones is 1. The third kappa shape index (κ3) is 35.2. The summed E-state index contributed by atoms with van der Waals surface area (Å²) in [6.45, 7) is 33.8. The molecular formula is C86H118F9N6O15PdS3-. The van der Waals surface area contributed by atoms with Crippen molar-refractivity contribution in [2.45, 2.75) is 167 Å². The maximum Gasteiger partial charge on any atom is 0.534 e. The number of piperidine rings is 3. The number of β-amino-alcohol motifs (C(OH)–C–C–N with tert-alkyl or cyclic N) is 1. The van der Waals surface area contributed by atoms with E-state index in [9.17, 15) is 79.8 Å². The first kappa shape index (κ1) is 106. The SMILES string of the molecule is CC1C=CCN(Cc2ccccc2)C1.CC1CN(Cc2ccccc2)CC=C1OS(=O)(=O)C(F)(F)F.CC1CN(Cc2ccccc2)CCC1=O.COC(C)(C)OC.C[C@@H]1CN(Cc2ccccc2)C[C@@H](O)[C@H]1O.C[C@@H]1CN(Cc2ccccc2)C[C@H]2OC(C)(C)O[C@@H]12.C[C@@H]1CO1.O=S(=O)(N(c1ccccc1)S(=O)(=O)C(F)(F)F)C(F)(F)F.[CH3-].[Pd]. The number of anilines is 1. The third-order valence-corrected chi connectivity index (χ3v) is 24.3. The van der Waals surface area contributed by atoms with E-state index in [-0.39, 0.29) is 57.7 Å². The number of likely N-dealkylation sites (tertiary alicyclic amines) is 3. The van der Waals surface area contributed by atoms with Gasteiger partial charge in [-0.2, -0.15) is 64.8 Å². The minimum absolute atomic E-state index is 0. The van der Waals surface area contributed by atoms with Gasteiger partial charge in [0.1, 0.15) is 17.6 Å².